The molecule has 0 aromatic carbocycles. The lowest BCUT2D eigenvalue weighted by atomic mass is 10.1. The molecule has 1 rings (SSSR count). The molecule has 1 aliphatic rings. The smallest absolute Gasteiger partial charge is 0.333 e. The number of hydrogen-bond acceptors (Lipinski definition) is 4. The fraction of sp³-hybridized carbons (Fsp3) is 0.850. The predicted molar refractivity (Wildman–Crippen MR) is 113 cm³/mol. The molecule has 0 spiro atoms. The maximum atomic E-state index is 11.7. The number of ether oxygens (including phenoxy) is 1. The van der Waals surface area contributed by atoms with E-state index >= 15 is 0 Å². The average molecular weight is 401 g/mol. The molecule has 1 atom stereocenters. The zero-order valence-corrected chi connectivity index (χ0v) is 20.6. The largest absolute Gasteiger partial charge is 0.462 e. The summed E-state index contributed by atoms with van der Waals surface area (Å²) in [7, 11) is -3.75. The summed E-state index contributed by atoms with van der Waals surface area (Å²) in [5.41, 5.74) is 0.779. The van der Waals surface area contributed by atoms with Gasteiger partial charge in [0.1, 0.15) is 0 Å². The molecule has 0 radical (unpaired) electrons. The highest BCUT2D eigenvalue weighted by molar-refractivity contribution is 6.74. The first-order chi connectivity index (χ1) is 11.6. The first-order valence-electron chi connectivity index (χ1n) is 9.75. The van der Waals surface area contributed by atoms with E-state index in [4.69, 9.17) is 13.6 Å². The van der Waals surface area contributed by atoms with Crippen LogP contribution in [-0.2, 0) is 18.4 Å². The molecule has 0 aliphatic carbocycles. The van der Waals surface area contributed by atoms with Crippen molar-refractivity contribution in [2.24, 2.45) is 0 Å². The van der Waals surface area contributed by atoms with E-state index in [0.29, 0.717) is 26.1 Å². The SMILES string of the molecule is CC(C)(C)[Si](C)(C)OCC(C/C=C1\CCOC1=O)O[Si](C)(C)C(C)(C)C. The van der Waals surface area contributed by atoms with Gasteiger partial charge in [-0.1, -0.05) is 47.6 Å². The van der Waals surface area contributed by atoms with Gasteiger partial charge in [0, 0.05) is 12.0 Å². The summed E-state index contributed by atoms with van der Waals surface area (Å²) in [6, 6.07) is 0. The van der Waals surface area contributed by atoms with Crippen LogP contribution in [0.5, 0.6) is 0 Å². The van der Waals surface area contributed by atoms with E-state index in [2.05, 4.69) is 67.7 Å². The lowest BCUT2D eigenvalue weighted by molar-refractivity contribution is -0.135. The average Bonchev–Trinajstić information content (AvgIpc) is 2.84. The van der Waals surface area contributed by atoms with Crippen molar-refractivity contribution in [2.75, 3.05) is 13.2 Å². The van der Waals surface area contributed by atoms with Crippen molar-refractivity contribution >= 4 is 22.6 Å². The molecule has 6 heteroatoms. The van der Waals surface area contributed by atoms with Crippen molar-refractivity contribution in [3.63, 3.8) is 0 Å². The molecule has 0 bridgehead atoms. The molecular weight excluding hydrogens is 360 g/mol. The second kappa shape index (κ2) is 8.29. The van der Waals surface area contributed by atoms with Crippen LogP contribution in [0.25, 0.3) is 0 Å². The van der Waals surface area contributed by atoms with Crippen molar-refractivity contribution in [3.05, 3.63) is 11.6 Å². The Morgan fingerprint density at radius 2 is 1.58 bits per heavy atom. The van der Waals surface area contributed by atoms with E-state index in [9.17, 15) is 4.79 Å². The van der Waals surface area contributed by atoms with E-state index in [0.717, 1.165) is 5.57 Å². The van der Waals surface area contributed by atoms with Gasteiger partial charge in [0.25, 0.3) is 0 Å². The molecule has 1 fully saturated rings. The van der Waals surface area contributed by atoms with Gasteiger partial charge in [-0.3, -0.25) is 0 Å². The second-order valence-electron chi connectivity index (χ2n) is 10.4. The maximum Gasteiger partial charge on any atom is 0.333 e. The minimum atomic E-state index is -1.91. The summed E-state index contributed by atoms with van der Waals surface area (Å²) in [6.07, 6.45) is 3.38. The standard InChI is InChI=1S/C20H40O4Si2/c1-19(2,3)25(7,8)23-15-17(24-26(9,10)20(4,5)6)12-11-16-13-14-22-18(16)21/h11,17H,12-15H2,1-10H3/b16-11+. The first kappa shape index (κ1) is 23.6. The van der Waals surface area contributed by atoms with Crippen LogP contribution in [-0.4, -0.2) is 41.9 Å². The Hall–Kier alpha value is -0.436. The third-order valence-corrected chi connectivity index (χ3v) is 15.2. The Labute approximate surface area is 162 Å². The third kappa shape index (κ3) is 6.32. The summed E-state index contributed by atoms with van der Waals surface area (Å²) in [4.78, 5) is 11.7. The molecule has 152 valence electrons. The molecule has 1 aliphatic heterocycles. The zero-order chi connectivity index (χ0) is 20.4. The molecular formula is C20H40O4Si2. The summed E-state index contributed by atoms with van der Waals surface area (Å²) < 4.78 is 18.1. The summed E-state index contributed by atoms with van der Waals surface area (Å²) in [5.74, 6) is -0.179. The van der Waals surface area contributed by atoms with Crippen molar-refractivity contribution in [2.45, 2.75) is 96.8 Å². The highest BCUT2D eigenvalue weighted by Gasteiger charge is 2.41. The Morgan fingerprint density at radius 3 is 2.00 bits per heavy atom. The van der Waals surface area contributed by atoms with Crippen LogP contribution in [0.4, 0.5) is 0 Å². The van der Waals surface area contributed by atoms with Crippen LogP contribution in [0, 0.1) is 0 Å². The van der Waals surface area contributed by atoms with Crippen molar-refractivity contribution in [1.82, 2.24) is 0 Å². The van der Waals surface area contributed by atoms with Crippen LogP contribution >= 0.6 is 0 Å². The topological polar surface area (TPSA) is 44.8 Å². The molecule has 0 N–H and O–H groups in total. The van der Waals surface area contributed by atoms with E-state index in [1.165, 1.54) is 0 Å². The number of cyclic esters (lactones) is 1. The number of hydrogen-bond donors (Lipinski definition) is 0. The Kier molecular flexibility index (Phi) is 7.52. The number of esters is 1. The monoisotopic (exact) mass is 400 g/mol. The second-order valence-corrected chi connectivity index (χ2v) is 20.0. The Balaban J connectivity index is 2.89. The number of rotatable bonds is 7. The molecule has 1 heterocycles. The molecule has 0 saturated carbocycles. The van der Waals surface area contributed by atoms with E-state index in [-0.39, 0.29) is 22.1 Å². The molecule has 1 saturated heterocycles. The summed E-state index contributed by atoms with van der Waals surface area (Å²) in [5, 5.41) is 0.309. The predicted octanol–water partition coefficient (Wildman–Crippen LogP) is 5.66. The van der Waals surface area contributed by atoms with E-state index < -0.39 is 16.6 Å². The van der Waals surface area contributed by atoms with Gasteiger partial charge in [-0.05, 0) is 42.7 Å². The van der Waals surface area contributed by atoms with Crippen molar-refractivity contribution < 1.29 is 18.4 Å². The third-order valence-electron chi connectivity index (χ3n) is 6.20. The molecule has 0 aromatic heterocycles. The van der Waals surface area contributed by atoms with E-state index in [1.807, 2.05) is 6.08 Å². The molecule has 26 heavy (non-hydrogen) atoms. The van der Waals surface area contributed by atoms with Gasteiger partial charge in [-0.2, -0.15) is 0 Å². The molecule has 0 aromatic rings. The van der Waals surface area contributed by atoms with Gasteiger partial charge in [0.2, 0.25) is 0 Å². The van der Waals surface area contributed by atoms with Gasteiger partial charge in [-0.25, -0.2) is 4.79 Å². The summed E-state index contributed by atoms with van der Waals surface area (Å²) in [6.45, 7) is 23.6. The van der Waals surface area contributed by atoms with Gasteiger partial charge in [0.15, 0.2) is 16.6 Å². The molecule has 4 nitrogen and oxygen atoms in total. The quantitative estimate of drug-likeness (QED) is 0.314. The van der Waals surface area contributed by atoms with Gasteiger partial charge in [0.05, 0.1) is 19.3 Å². The zero-order valence-electron chi connectivity index (χ0n) is 18.6. The highest BCUT2D eigenvalue weighted by Crippen LogP contribution is 2.39. The van der Waals surface area contributed by atoms with E-state index in [1.54, 1.807) is 0 Å². The number of carbonyl (C=O) groups is 1. The van der Waals surface area contributed by atoms with Gasteiger partial charge in [-0.15, -0.1) is 0 Å². The highest BCUT2D eigenvalue weighted by atomic mass is 28.4. The number of carbonyl (C=O) groups excluding carboxylic acids is 1. The molecule has 1 unspecified atom stereocenters. The van der Waals surface area contributed by atoms with Crippen molar-refractivity contribution in [3.8, 4) is 0 Å². The lowest BCUT2D eigenvalue weighted by Gasteiger charge is -2.41. The molecule has 0 amide bonds. The van der Waals surface area contributed by atoms with Crippen LogP contribution in [0.2, 0.25) is 36.3 Å². The van der Waals surface area contributed by atoms with Gasteiger partial charge >= 0.3 is 5.97 Å². The normalized spacial score (nSPS) is 19.8. The van der Waals surface area contributed by atoms with Crippen molar-refractivity contribution in [1.29, 1.82) is 0 Å². The Morgan fingerprint density at radius 1 is 1.04 bits per heavy atom. The lowest BCUT2D eigenvalue weighted by Crippen LogP contribution is -2.47. The fourth-order valence-electron chi connectivity index (χ4n) is 2.17. The first-order valence-corrected chi connectivity index (χ1v) is 15.6. The minimum Gasteiger partial charge on any atom is -0.462 e. The summed E-state index contributed by atoms with van der Waals surface area (Å²) >= 11 is 0. The maximum absolute atomic E-state index is 11.7. The van der Waals surface area contributed by atoms with Crippen LogP contribution in [0.15, 0.2) is 11.6 Å². The van der Waals surface area contributed by atoms with Crippen LogP contribution in [0.3, 0.4) is 0 Å². The van der Waals surface area contributed by atoms with Crippen LogP contribution in [0.1, 0.15) is 54.4 Å². The Bertz CT molecular complexity index is 525. The van der Waals surface area contributed by atoms with Crippen LogP contribution < -0.4 is 0 Å². The minimum absolute atomic E-state index is 0.0223. The van der Waals surface area contributed by atoms with Gasteiger partial charge < -0.3 is 13.6 Å². The fourth-order valence-corrected chi connectivity index (χ4v) is 4.56.